The van der Waals surface area contributed by atoms with Gasteiger partial charge in [-0.3, -0.25) is 9.59 Å². The molecule has 1 unspecified atom stereocenters. The minimum absolute atomic E-state index is 0.149. The van der Waals surface area contributed by atoms with Gasteiger partial charge in [0.1, 0.15) is 5.82 Å². The van der Waals surface area contributed by atoms with Gasteiger partial charge in [0.25, 0.3) is 5.56 Å². The van der Waals surface area contributed by atoms with E-state index in [9.17, 15) is 9.59 Å². The largest absolute Gasteiger partial charge is 0.333 e. The van der Waals surface area contributed by atoms with Crippen LogP contribution in [0, 0.1) is 5.92 Å². The van der Waals surface area contributed by atoms with Crippen LogP contribution in [-0.4, -0.2) is 33.9 Å². The molecule has 30 heavy (non-hydrogen) atoms. The molecule has 1 aliphatic carbocycles. The van der Waals surface area contributed by atoms with Gasteiger partial charge in [0.15, 0.2) is 0 Å². The maximum atomic E-state index is 13.2. The van der Waals surface area contributed by atoms with E-state index in [-0.39, 0.29) is 17.5 Å². The predicted molar refractivity (Wildman–Crippen MR) is 121 cm³/mol. The second-order valence-electron chi connectivity index (χ2n) is 8.62. The first kappa shape index (κ1) is 22.5. The molecular formula is C24H36N4O2. The van der Waals surface area contributed by atoms with Gasteiger partial charge in [0.05, 0.1) is 16.9 Å². The van der Waals surface area contributed by atoms with Crippen LogP contribution in [0.1, 0.15) is 83.0 Å². The Morgan fingerprint density at radius 2 is 1.93 bits per heavy atom. The maximum Gasteiger partial charge on any atom is 0.258 e. The van der Waals surface area contributed by atoms with Gasteiger partial charge in [-0.1, -0.05) is 50.7 Å². The summed E-state index contributed by atoms with van der Waals surface area (Å²) in [6.45, 7) is 3.37. The van der Waals surface area contributed by atoms with Crippen LogP contribution in [0.3, 0.4) is 0 Å². The second-order valence-corrected chi connectivity index (χ2v) is 8.62. The number of para-hydroxylation sites is 1. The number of unbranched alkanes of at least 4 members (excludes halogenated alkanes) is 3. The second kappa shape index (κ2) is 11.3. The molecule has 6 nitrogen and oxygen atoms in total. The number of hydrogen-bond donors (Lipinski definition) is 2. The van der Waals surface area contributed by atoms with Crippen molar-refractivity contribution < 1.29 is 4.79 Å². The highest BCUT2D eigenvalue weighted by Gasteiger charge is 2.25. The van der Waals surface area contributed by atoms with Crippen molar-refractivity contribution in [2.45, 2.75) is 77.2 Å². The number of carbonyl (C=O) groups excluding carboxylic acids is 1. The molecule has 1 aliphatic rings. The zero-order valence-electron chi connectivity index (χ0n) is 18.2. The molecule has 1 aromatic heterocycles. The Morgan fingerprint density at radius 3 is 2.70 bits per heavy atom. The summed E-state index contributed by atoms with van der Waals surface area (Å²) in [5.74, 6) is 1.42. The molecule has 1 fully saturated rings. The number of rotatable bonds is 11. The van der Waals surface area contributed by atoms with Crippen molar-refractivity contribution in [3.63, 3.8) is 0 Å². The standard InChI is InChI=1S/C24H36N4O2/c1-18(23-26-21-13-7-6-12-20(21)24(30)27-23)28(17-9-3-2-8-16-25)22(29)15-14-19-10-4-5-11-19/h6-7,12-13,18-19H,2-5,8-11,14-17,25H2,1H3,(H,26,27,30). The molecule has 2 aromatic rings. The van der Waals surface area contributed by atoms with Gasteiger partial charge in [0.2, 0.25) is 5.91 Å². The number of carbonyl (C=O) groups is 1. The van der Waals surface area contributed by atoms with E-state index < -0.39 is 0 Å². The van der Waals surface area contributed by atoms with E-state index in [1.165, 1.54) is 25.7 Å². The molecule has 1 aromatic carbocycles. The first-order valence-electron chi connectivity index (χ1n) is 11.6. The van der Waals surface area contributed by atoms with Gasteiger partial charge < -0.3 is 15.6 Å². The van der Waals surface area contributed by atoms with Gasteiger partial charge in [-0.2, -0.15) is 0 Å². The summed E-state index contributed by atoms with van der Waals surface area (Å²) < 4.78 is 0. The first-order valence-corrected chi connectivity index (χ1v) is 11.6. The Balaban J connectivity index is 1.73. The summed E-state index contributed by atoms with van der Waals surface area (Å²) in [5.41, 5.74) is 6.12. The molecule has 1 heterocycles. The molecule has 0 radical (unpaired) electrons. The molecule has 1 amide bonds. The fourth-order valence-electron chi connectivity index (χ4n) is 4.53. The van der Waals surface area contributed by atoms with E-state index in [0.717, 1.165) is 32.1 Å². The van der Waals surface area contributed by atoms with Crippen LogP contribution >= 0.6 is 0 Å². The SMILES string of the molecule is CC(c1nc2ccccc2c(=O)[nH]1)N(CCCCCCN)C(=O)CCC1CCCC1. The molecule has 1 atom stereocenters. The van der Waals surface area contributed by atoms with Gasteiger partial charge in [0, 0.05) is 13.0 Å². The van der Waals surface area contributed by atoms with E-state index in [1.54, 1.807) is 6.07 Å². The lowest BCUT2D eigenvalue weighted by molar-refractivity contribution is -0.134. The van der Waals surface area contributed by atoms with E-state index in [4.69, 9.17) is 5.73 Å². The number of nitrogens with zero attached hydrogens (tertiary/aromatic N) is 2. The molecule has 3 N–H and O–H groups in total. The van der Waals surface area contributed by atoms with Crippen molar-refractivity contribution in [3.8, 4) is 0 Å². The lowest BCUT2D eigenvalue weighted by Crippen LogP contribution is -2.36. The van der Waals surface area contributed by atoms with Crippen molar-refractivity contribution in [3.05, 3.63) is 40.4 Å². The minimum Gasteiger partial charge on any atom is -0.333 e. The fourth-order valence-corrected chi connectivity index (χ4v) is 4.53. The Kier molecular flexibility index (Phi) is 8.43. The van der Waals surface area contributed by atoms with Crippen LogP contribution in [-0.2, 0) is 4.79 Å². The number of hydrogen-bond acceptors (Lipinski definition) is 4. The summed E-state index contributed by atoms with van der Waals surface area (Å²) in [5, 5.41) is 0.578. The van der Waals surface area contributed by atoms with Crippen molar-refractivity contribution in [2.75, 3.05) is 13.1 Å². The smallest absolute Gasteiger partial charge is 0.258 e. The van der Waals surface area contributed by atoms with Gasteiger partial charge in [-0.15, -0.1) is 0 Å². The molecular weight excluding hydrogens is 376 g/mol. The highest BCUT2D eigenvalue weighted by molar-refractivity contribution is 5.78. The van der Waals surface area contributed by atoms with Crippen LogP contribution in [0.2, 0.25) is 0 Å². The molecule has 0 bridgehead atoms. The topological polar surface area (TPSA) is 92.1 Å². The lowest BCUT2D eigenvalue weighted by atomic mass is 10.0. The Morgan fingerprint density at radius 1 is 1.20 bits per heavy atom. The van der Waals surface area contributed by atoms with Gasteiger partial charge >= 0.3 is 0 Å². The van der Waals surface area contributed by atoms with Crippen LogP contribution in [0.25, 0.3) is 10.9 Å². The third kappa shape index (κ3) is 5.91. The van der Waals surface area contributed by atoms with E-state index in [1.807, 2.05) is 30.0 Å². The zero-order valence-corrected chi connectivity index (χ0v) is 18.2. The Hall–Kier alpha value is -2.21. The third-order valence-electron chi connectivity index (χ3n) is 6.41. The predicted octanol–water partition coefficient (Wildman–Crippen LogP) is 4.30. The summed E-state index contributed by atoms with van der Waals surface area (Å²) in [6.07, 6.45) is 10.7. The fraction of sp³-hybridized carbons (Fsp3) is 0.625. The monoisotopic (exact) mass is 412 g/mol. The Labute approximate surface area is 179 Å². The molecule has 1 saturated carbocycles. The van der Waals surface area contributed by atoms with Crippen molar-refractivity contribution >= 4 is 16.8 Å². The molecule has 6 heteroatoms. The van der Waals surface area contributed by atoms with Crippen LogP contribution < -0.4 is 11.3 Å². The van der Waals surface area contributed by atoms with E-state index in [0.29, 0.717) is 42.2 Å². The summed E-state index contributed by atoms with van der Waals surface area (Å²) >= 11 is 0. The minimum atomic E-state index is -0.257. The number of H-pyrrole nitrogens is 1. The lowest BCUT2D eigenvalue weighted by Gasteiger charge is -2.29. The number of nitrogens with two attached hydrogens (primary N) is 1. The summed E-state index contributed by atoms with van der Waals surface area (Å²) in [7, 11) is 0. The van der Waals surface area contributed by atoms with Crippen molar-refractivity contribution in [2.24, 2.45) is 11.7 Å². The molecule has 0 aliphatic heterocycles. The van der Waals surface area contributed by atoms with E-state index in [2.05, 4.69) is 9.97 Å². The summed E-state index contributed by atoms with van der Waals surface area (Å²) in [6, 6.07) is 7.08. The quantitative estimate of drug-likeness (QED) is 0.538. The maximum absolute atomic E-state index is 13.2. The number of aromatic nitrogens is 2. The third-order valence-corrected chi connectivity index (χ3v) is 6.41. The number of nitrogens with one attached hydrogen (secondary N) is 1. The molecule has 164 valence electrons. The van der Waals surface area contributed by atoms with Gasteiger partial charge in [-0.05, 0) is 50.8 Å². The van der Waals surface area contributed by atoms with Crippen LogP contribution in [0.4, 0.5) is 0 Å². The van der Waals surface area contributed by atoms with Crippen molar-refractivity contribution in [1.82, 2.24) is 14.9 Å². The van der Waals surface area contributed by atoms with Gasteiger partial charge in [-0.25, -0.2) is 4.98 Å². The van der Waals surface area contributed by atoms with Crippen LogP contribution in [0.15, 0.2) is 29.1 Å². The molecule has 3 rings (SSSR count). The zero-order chi connectivity index (χ0) is 21.3. The average molecular weight is 413 g/mol. The number of benzene rings is 1. The highest BCUT2D eigenvalue weighted by Crippen LogP contribution is 2.29. The average Bonchev–Trinajstić information content (AvgIpc) is 3.28. The van der Waals surface area contributed by atoms with Crippen molar-refractivity contribution in [1.29, 1.82) is 0 Å². The molecule has 0 spiro atoms. The normalized spacial score (nSPS) is 15.5. The molecule has 0 saturated heterocycles. The Bertz CT molecular complexity index is 873. The number of amides is 1. The van der Waals surface area contributed by atoms with Crippen LogP contribution in [0.5, 0.6) is 0 Å². The van der Waals surface area contributed by atoms with E-state index >= 15 is 0 Å². The number of aromatic amines is 1. The first-order chi connectivity index (χ1) is 14.6. The number of fused-ring (bicyclic) bond motifs is 1. The summed E-state index contributed by atoms with van der Waals surface area (Å²) in [4.78, 5) is 35.2. The highest BCUT2D eigenvalue weighted by atomic mass is 16.2.